The number of nitrogens with zero attached hydrogens (tertiary/aromatic N) is 2. The van der Waals surface area contributed by atoms with E-state index in [1.165, 1.54) is 0 Å². The standard InChI is InChI=1S/C18H24N2O4/c1-13(2)16-12-24-18(22)20(16)14-7-9-19(10-8-14)17(21)6-5-15-4-3-11-23-15/h3-6,11,13-14,16H,7-10,12H2,1-2H3. The van der Waals surface area contributed by atoms with Crippen LogP contribution in [0.4, 0.5) is 4.79 Å². The summed E-state index contributed by atoms with van der Waals surface area (Å²) in [5, 5.41) is 0. The normalized spacial score (nSPS) is 22.6. The molecule has 2 aliphatic heterocycles. The third-order valence-corrected chi connectivity index (χ3v) is 4.82. The van der Waals surface area contributed by atoms with Crippen molar-refractivity contribution in [1.29, 1.82) is 0 Å². The number of hydrogen-bond acceptors (Lipinski definition) is 4. The first-order chi connectivity index (χ1) is 11.6. The molecule has 6 heteroatoms. The molecule has 0 aromatic carbocycles. The molecule has 0 N–H and O–H groups in total. The van der Waals surface area contributed by atoms with Gasteiger partial charge >= 0.3 is 6.09 Å². The van der Waals surface area contributed by atoms with Crippen LogP contribution in [0.25, 0.3) is 6.08 Å². The van der Waals surface area contributed by atoms with Crippen LogP contribution in [0.15, 0.2) is 28.9 Å². The second kappa shape index (κ2) is 7.11. The predicted octanol–water partition coefficient (Wildman–Crippen LogP) is 2.76. The molecule has 0 saturated carbocycles. The molecule has 1 unspecified atom stereocenters. The summed E-state index contributed by atoms with van der Waals surface area (Å²) in [5.41, 5.74) is 0. The van der Waals surface area contributed by atoms with E-state index in [4.69, 9.17) is 9.15 Å². The minimum absolute atomic E-state index is 0.0192. The average molecular weight is 332 g/mol. The van der Waals surface area contributed by atoms with Gasteiger partial charge in [0, 0.05) is 25.2 Å². The highest BCUT2D eigenvalue weighted by Crippen LogP contribution is 2.27. The Morgan fingerprint density at radius 1 is 1.33 bits per heavy atom. The smallest absolute Gasteiger partial charge is 0.410 e. The zero-order valence-corrected chi connectivity index (χ0v) is 14.2. The molecule has 3 rings (SSSR count). The van der Waals surface area contributed by atoms with E-state index in [0.717, 1.165) is 12.8 Å². The number of hydrogen-bond donors (Lipinski definition) is 0. The number of carbonyl (C=O) groups excluding carboxylic acids is 2. The number of likely N-dealkylation sites (tertiary alicyclic amines) is 1. The van der Waals surface area contributed by atoms with Crippen LogP contribution in [-0.2, 0) is 9.53 Å². The Balaban J connectivity index is 1.55. The maximum atomic E-state index is 12.3. The van der Waals surface area contributed by atoms with Gasteiger partial charge in [0.2, 0.25) is 5.91 Å². The van der Waals surface area contributed by atoms with Crippen LogP contribution in [0.2, 0.25) is 0 Å². The lowest BCUT2D eigenvalue weighted by Gasteiger charge is -2.38. The Morgan fingerprint density at radius 3 is 2.71 bits per heavy atom. The first-order valence-corrected chi connectivity index (χ1v) is 8.52. The molecule has 2 aliphatic rings. The zero-order chi connectivity index (χ0) is 17.1. The Labute approximate surface area is 142 Å². The Hall–Kier alpha value is -2.24. The van der Waals surface area contributed by atoms with Crippen molar-refractivity contribution in [2.24, 2.45) is 5.92 Å². The highest BCUT2D eigenvalue weighted by molar-refractivity contribution is 5.91. The van der Waals surface area contributed by atoms with E-state index in [1.54, 1.807) is 30.5 Å². The maximum absolute atomic E-state index is 12.3. The minimum atomic E-state index is -0.212. The molecular formula is C18H24N2O4. The van der Waals surface area contributed by atoms with E-state index in [9.17, 15) is 9.59 Å². The van der Waals surface area contributed by atoms with Crippen molar-refractivity contribution < 1.29 is 18.7 Å². The summed E-state index contributed by atoms with van der Waals surface area (Å²) in [6.45, 7) is 6.00. The van der Waals surface area contributed by atoms with Gasteiger partial charge < -0.3 is 14.1 Å². The lowest BCUT2D eigenvalue weighted by atomic mass is 9.97. The molecule has 2 saturated heterocycles. The van der Waals surface area contributed by atoms with Gasteiger partial charge in [0.25, 0.3) is 0 Å². The van der Waals surface area contributed by atoms with Crippen LogP contribution in [-0.4, -0.2) is 53.6 Å². The summed E-state index contributed by atoms with van der Waals surface area (Å²) in [6.07, 6.45) is 6.17. The van der Waals surface area contributed by atoms with Gasteiger partial charge in [-0.15, -0.1) is 0 Å². The molecular weight excluding hydrogens is 308 g/mol. The van der Waals surface area contributed by atoms with Gasteiger partial charge in [-0.25, -0.2) is 4.79 Å². The fourth-order valence-corrected chi connectivity index (χ4v) is 3.39. The number of ether oxygens (including phenoxy) is 1. The number of carbonyl (C=O) groups is 2. The zero-order valence-electron chi connectivity index (χ0n) is 14.2. The van der Waals surface area contributed by atoms with Crippen molar-refractivity contribution in [2.45, 2.75) is 38.8 Å². The Kier molecular flexibility index (Phi) is 4.92. The van der Waals surface area contributed by atoms with Crippen LogP contribution in [0.5, 0.6) is 0 Å². The second-order valence-corrected chi connectivity index (χ2v) is 6.70. The third-order valence-electron chi connectivity index (χ3n) is 4.82. The number of amides is 2. The molecule has 2 fully saturated rings. The fraction of sp³-hybridized carbons (Fsp3) is 0.556. The van der Waals surface area contributed by atoms with Gasteiger partial charge in [0.15, 0.2) is 0 Å². The van der Waals surface area contributed by atoms with Gasteiger partial charge in [-0.1, -0.05) is 13.8 Å². The number of rotatable bonds is 4. The van der Waals surface area contributed by atoms with Crippen LogP contribution >= 0.6 is 0 Å². The topological polar surface area (TPSA) is 63.0 Å². The predicted molar refractivity (Wildman–Crippen MR) is 89.2 cm³/mol. The van der Waals surface area contributed by atoms with Crippen molar-refractivity contribution in [3.63, 3.8) is 0 Å². The molecule has 0 bridgehead atoms. The van der Waals surface area contributed by atoms with Crippen LogP contribution < -0.4 is 0 Å². The van der Waals surface area contributed by atoms with E-state index in [0.29, 0.717) is 31.4 Å². The molecule has 2 amide bonds. The van der Waals surface area contributed by atoms with Gasteiger partial charge in [-0.3, -0.25) is 9.69 Å². The molecule has 1 aromatic rings. The molecule has 6 nitrogen and oxygen atoms in total. The summed E-state index contributed by atoms with van der Waals surface area (Å²) in [7, 11) is 0. The van der Waals surface area contributed by atoms with Crippen molar-refractivity contribution in [1.82, 2.24) is 9.80 Å². The largest absolute Gasteiger partial charge is 0.465 e. The molecule has 0 radical (unpaired) electrons. The first-order valence-electron chi connectivity index (χ1n) is 8.52. The minimum Gasteiger partial charge on any atom is -0.465 e. The van der Waals surface area contributed by atoms with Crippen LogP contribution in [0.3, 0.4) is 0 Å². The van der Waals surface area contributed by atoms with Crippen LogP contribution in [0.1, 0.15) is 32.4 Å². The number of furan rings is 1. The first kappa shape index (κ1) is 16.6. The molecule has 1 atom stereocenters. The van der Waals surface area contributed by atoms with Gasteiger partial charge in [0.05, 0.1) is 12.3 Å². The van der Waals surface area contributed by atoms with Crippen molar-refractivity contribution >= 4 is 18.1 Å². The van der Waals surface area contributed by atoms with Crippen LogP contribution in [0, 0.1) is 5.92 Å². The summed E-state index contributed by atoms with van der Waals surface area (Å²) >= 11 is 0. The SMILES string of the molecule is CC(C)C1COC(=O)N1C1CCN(C(=O)C=Cc2ccco2)CC1. The second-order valence-electron chi connectivity index (χ2n) is 6.70. The van der Waals surface area contributed by atoms with Crippen molar-refractivity contribution in [3.05, 3.63) is 30.2 Å². The lowest BCUT2D eigenvalue weighted by molar-refractivity contribution is -0.127. The highest BCUT2D eigenvalue weighted by atomic mass is 16.6. The van der Waals surface area contributed by atoms with Gasteiger partial charge in [-0.05, 0) is 37.0 Å². The summed E-state index contributed by atoms with van der Waals surface area (Å²) < 4.78 is 10.4. The van der Waals surface area contributed by atoms with E-state index in [1.807, 2.05) is 9.80 Å². The Morgan fingerprint density at radius 2 is 2.08 bits per heavy atom. The monoisotopic (exact) mass is 332 g/mol. The fourth-order valence-electron chi connectivity index (χ4n) is 3.39. The molecule has 0 spiro atoms. The van der Waals surface area contributed by atoms with Gasteiger partial charge in [0.1, 0.15) is 12.4 Å². The van der Waals surface area contributed by atoms with E-state index >= 15 is 0 Å². The lowest BCUT2D eigenvalue weighted by Crippen LogP contribution is -2.50. The van der Waals surface area contributed by atoms with E-state index in [-0.39, 0.29) is 24.1 Å². The van der Waals surface area contributed by atoms with E-state index < -0.39 is 0 Å². The number of cyclic esters (lactones) is 1. The third kappa shape index (κ3) is 3.47. The van der Waals surface area contributed by atoms with Crippen molar-refractivity contribution in [2.75, 3.05) is 19.7 Å². The maximum Gasteiger partial charge on any atom is 0.410 e. The number of piperidine rings is 1. The van der Waals surface area contributed by atoms with Crippen molar-refractivity contribution in [3.8, 4) is 0 Å². The summed E-state index contributed by atoms with van der Waals surface area (Å²) in [4.78, 5) is 28.0. The van der Waals surface area contributed by atoms with E-state index in [2.05, 4.69) is 13.8 Å². The average Bonchev–Trinajstić information content (AvgIpc) is 3.22. The molecule has 3 heterocycles. The molecule has 0 aliphatic carbocycles. The quantitative estimate of drug-likeness (QED) is 0.795. The summed E-state index contributed by atoms with van der Waals surface area (Å²) in [6, 6.07) is 3.89. The Bertz CT molecular complexity index is 601. The molecule has 130 valence electrons. The molecule has 1 aromatic heterocycles. The summed E-state index contributed by atoms with van der Waals surface area (Å²) in [5.74, 6) is 1.01. The highest BCUT2D eigenvalue weighted by Gasteiger charge is 2.40. The van der Waals surface area contributed by atoms with Gasteiger partial charge in [-0.2, -0.15) is 0 Å². The molecule has 24 heavy (non-hydrogen) atoms.